The van der Waals surface area contributed by atoms with Gasteiger partial charge in [-0.15, -0.1) is 0 Å². The topological polar surface area (TPSA) is 34.1 Å². The zero-order valence-corrected chi connectivity index (χ0v) is 18.9. The number of aryl methyl sites for hydroxylation is 1. The van der Waals surface area contributed by atoms with Crippen LogP contribution in [0.3, 0.4) is 0 Å². The number of nitrogens with zero attached hydrogens (tertiary/aromatic N) is 2. The van der Waals surface area contributed by atoms with Gasteiger partial charge in [0.05, 0.1) is 13.7 Å². The standard InChI is InChI=1S/C29H28N2O2/c1-32-26-13-15-28-24(20-26)10-14-27(22-6-3-2-4-7-22)29(28)23-8-11-25(12-9-23)33-19-18-31-17-5-16-30-21-31/h2-9,11-13,15-17,20H,10,14,18-19,21H2,1H3. The highest BCUT2D eigenvalue weighted by molar-refractivity contribution is 6.00. The summed E-state index contributed by atoms with van der Waals surface area (Å²) in [5.41, 5.74) is 7.80. The van der Waals surface area contributed by atoms with E-state index in [1.807, 2.05) is 18.5 Å². The number of hydrogen-bond donors (Lipinski definition) is 0. The number of methoxy groups -OCH3 is 1. The first-order valence-corrected chi connectivity index (χ1v) is 11.4. The van der Waals surface area contributed by atoms with Gasteiger partial charge in [-0.1, -0.05) is 48.5 Å². The third-order valence-electron chi connectivity index (χ3n) is 6.19. The van der Waals surface area contributed by atoms with Crippen molar-refractivity contribution in [2.24, 2.45) is 4.99 Å². The number of fused-ring (bicyclic) bond motifs is 1. The molecule has 2 aliphatic rings. The Morgan fingerprint density at radius 3 is 2.45 bits per heavy atom. The van der Waals surface area contributed by atoms with Gasteiger partial charge >= 0.3 is 0 Å². The number of ether oxygens (including phenoxy) is 2. The molecule has 5 rings (SSSR count). The van der Waals surface area contributed by atoms with E-state index in [1.54, 1.807) is 7.11 Å². The van der Waals surface area contributed by atoms with Crippen LogP contribution >= 0.6 is 0 Å². The molecule has 166 valence electrons. The number of hydrogen-bond acceptors (Lipinski definition) is 4. The van der Waals surface area contributed by atoms with Crippen molar-refractivity contribution in [3.8, 4) is 11.5 Å². The van der Waals surface area contributed by atoms with E-state index in [-0.39, 0.29) is 0 Å². The summed E-state index contributed by atoms with van der Waals surface area (Å²) in [4.78, 5) is 6.39. The largest absolute Gasteiger partial charge is 0.497 e. The van der Waals surface area contributed by atoms with Crippen LogP contribution in [0, 0.1) is 0 Å². The summed E-state index contributed by atoms with van der Waals surface area (Å²) in [6, 6.07) is 25.7. The lowest BCUT2D eigenvalue weighted by Crippen LogP contribution is -2.25. The van der Waals surface area contributed by atoms with Crippen molar-refractivity contribution in [3.05, 3.63) is 107 Å². The Morgan fingerprint density at radius 1 is 0.879 bits per heavy atom. The van der Waals surface area contributed by atoms with Gasteiger partial charge in [-0.2, -0.15) is 0 Å². The van der Waals surface area contributed by atoms with Gasteiger partial charge in [-0.25, -0.2) is 0 Å². The van der Waals surface area contributed by atoms with Gasteiger partial charge in [0.25, 0.3) is 0 Å². The quantitative estimate of drug-likeness (QED) is 0.467. The lowest BCUT2D eigenvalue weighted by molar-refractivity contribution is 0.256. The molecule has 0 amide bonds. The minimum Gasteiger partial charge on any atom is -0.497 e. The molecule has 0 unspecified atom stereocenters. The van der Waals surface area contributed by atoms with E-state index in [1.165, 1.54) is 33.4 Å². The summed E-state index contributed by atoms with van der Waals surface area (Å²) in [5.74, 6) is 1.80. The second-order valence-corrected chi connectivity index (χ2v) is 8.24. The molecule has 0 saturated carbocycles. The number of benzene rings is 3. The fourth-order valence-corrected chi connectivity index (χ4v) is 4.52. The molecule has 4 nitrogen and oxygen atoms in total. The van der Waals surface area contributed by atoms with Crippen LogP contribution < -0.4 is 9.47 Å². The van der Waals surface area contributed by atoms with Crippen molar-refractivity contribution in [2.45, 2.75) is 12.8 Å². The SMILES string of the molecule is COc1ccc2c(c1)CCC(c1ccccc1)=C2c1ccc(OCCN2C=CC=NC2)cc1. The Hall–Kier alpha value is -3.79. The first-order valence-electron chi connectivity index (χ1n) is 11.4. The molecule has 0 aromatic heterocycles. The molecular weight excluding hydrogens is 408 g/mol. The van der Waals surface area contributed by atoms with E-state index in [2.05, 4.69) is 82.7 Å². The minimum absolute atomic E-state index is 0.625. The van der Waals surface area contributed by atoms with E-state index < -0.39 is 0 Å². The molecule has 4 heteroatoms. The predicted molar refractivity (Wildman–Crippen MR) is 135 cm³/mol. The highest BCUT2D eigenvalue weighted by atomic mass is 16.5. The first-order chi connectivity index (χ1) is 16.3. The molecule has 0 radical (unpaired) electrons. The van der Waals surface area contributed by atoms with Crippen LogP contribution in [0.4, 0.5) is 0 Å². The summed E-state index contributed by atoms with van der Waals surface area (Å²) in [6.45, 7) is 2.13. The summed E-state index contributed by atoms with van der Waals surface area (Å²) in [6.07, 6.45) is 7.84. The third-order valence-corrected chi connectivity index (χ3v) is 6.19. The van der Waals surface area contributed by atoms with Crippen LogP contribution in [0.25, 0.3) is 11.1 Å². The Labute approximate surface area is 195 Å². The zero-order chi connectivity index (χ0) is 22.5. The maximum absolute atomic E-state index is 6.00. The molecule has 33 heavy (non-hydrogen) atoms. The zero-order valence-electron chi connectivity index (χ0n) is 18.9. The predicted octanol–water partition coefficient (Wildman–Crippen LogP) is 5.84. The van der Waals surface area contributed by atoms with Gasteiger partial charge in [0, 0.05) is 12.4 Å². The van der Waals surface area contributed by atoms with E-state index in [0.717, 1.165) is 30.9 Å². The van der Waals surface area contributed by atoms with Crippen LogP contribution in [0.15, 0.2) is 90.1 Å². The molecule has 0 fully saturated rings. The summed E-state index contributed by atoms with van der Waals surface area (Å²) in [7, 11) is 1.73. The molecule has 0 N–H and O–H groups in total. The Kier molecular flexibility index (Phi) is 6.25. The van der Waals surface area contributed by atoms with Crippen molar-refractivity contribution >= 4 is 17.4 Å². The van der Waals surface area contributed by atoms with Gasteiger partial charge < -0.3 is 14.4 Å². The van der Waals surface area contributed by atoms with Gasteiger partial charge in [0.15, 0.2) is 0 Å². The lowest BCUT2D eigenvalue weighted by atomic mass is 9.79. The molecule has 1 aliphatic heterocycles. The fraction of sp³-hybridized carbons (Fsp3) is 0.207. The maximum atomic E-state index is 6.00. The van der Waals surface area contributed by atoms with Gasteiger partial charge in [0.2, 0.25) is 0 Å². The van der Waals surface area contributed by atoms with Crippen LogP contribution in [0.5, 0.6) is 11.5 Å². The average Bonchev–Trinajstić information content (AvgIpc) is 2.89. The van der Waals surface area contributed by atoms with Crippen molar-refractivity contribution in [3.63, 3.8) is 0 Å². The van der Waals surface area contributed by atoms with Crippen molar-refractivity contribution < 1.29 is 9.47 Å². The highest BCUT2D eigenvalue weighted by Gasteiger charge is 2.22. The van der Waals surface area contributed by atoms with E-state index in [9.17, 15) is 0 Å². The molecule has 0 saturated heterocycles. The number of allylic oxidation sites excluding steroid dienone is 2. The molecule has 3 aromatic carbocycles. The Bertz CT molecular complexity index is 1190. The third kappa shape index (κ3) is 4.70. The van der Waals surface area contributed by atoms with Gasteiger partial charge in [-0.05, 0) is 76.6 Å². The summed E-state index contributed by atoms with van der Waals surface area (Å²) >= 11 is 0. The normalized spacial score (nSPS) is 14.9. The molecule has 0 spiro atoms. The van der Waals surface area contributed by atoms with E-state index in [0.29, 0.717) is 13.3 Å². The van der Waals surface area contributed by atoms with Crippen LogP contribution in [0.2, 0.25) is 0 Å². The molecule has 1 heterocycles. The van der Waals surface area contributed by atoms with Gasteiger partial charge in [-0.3, -0.25) is 4.99 Å². The molecular formula is C29H28N2O2. The van der Waals surface area contributed by atoms with Crippen molar-refractivity contribution in [2.75, 3.05) is 26.9 Å². The number of rotatable bonds is 7. The minimum atomic E-state index is 0.625. The van der Waals surface area contributed by atoms with Crippen molar-refractivity contribution in [1.29, 1.82) is 0 Å². The molecule has 0 bridgehead atoms. The van der Waals surface area contributed by atoms with Crippen molar-refractivity contribution in [1.82, 2.24) is 4.90 Å². The summed E-state index contributed by atoms with van der Waals surface area (Å²) < 4.78 is 11.5. The van der Waals surface area contributed by atoms with Crippen LogP contribution in [0.1, 0.15) is 28.7 Å². The molecule has 0 atom stereocenters. The monoisotopic (exact) mass is 436 g/mol. The average molecular weight is 437 g/mol. The first kappa shape index (κ1) is 21.1. The summed E-state index contributed by atoms with van der Waals surface area (Å²) in [5, 5.41) is 0. The molecule has 1 aliphatic carbocycles. The van der Waals surface area contributed by atoms with E-state index in [4.69, 9.17) is 9.47 Å². The fourth-order valence-electron chi connectivity index (χ4n) is 4.52. The second-order valence-electron chi connectivity index (χ2n) is 8.24. The maximum Gasteiger partial charge on any atom is 0.119 e. The number of aliphatic imine (C=N–C) groups is 1. The van der Waals surface area contributed by atoms with Crippen LogP contribution in [-0.4, -0.2) is 38.0 Å². The lowest BCUT2D eigenvalue weighted by Gasteiger charge is -2.25. The molecule has 3 aromatic rings. The second kappa shape index (κ2) is 9.78. The van der Waals surface area contributed by atoms with Gasteiger partial charge in [0.1, 0.15) is 24.8 Å². The van der Waals surface area contributed by atoms with Crippen LogP contribution in [-0.2, 0) is 6.42 Å². The smallest absolute Gasteiger partial charge is 0.119 e. The Balaban J connectivity index is 1.42. The Morgan fingerprint density at radius 2 is 1.70 bits per heavy atom. The highest BCUT2D eigenvalue weighted by Crippen LogP contribution is 2.42. The van der Waals surface area contributed by atoms with E-state index >= 15 is 0 Å².